The number of nitrogens with one attached hydrogen (secondary N) is 3. The van der Waals surface area contributed by atoms with Crippen LogP contribution in [0.3, 0.4) is 0 Å². The van der Waals surface area contributed by atoms with Crippen molar-refractivity contribution in [3.8, 4) is 0 Å². The van der Waals surface area contributed by atoms with Gasteiger partial charge in [0, 0.05) is 24.7 Å². The zero-order valence-corrected chi connectivity index (χ0v) is 17.3. The molecule has 0 aliphatic carbocycles. The number of benzene rings is 2. The fourth-order valence-electron chi connectivity index (χ4n) is 2.98. The first-order chi connectivity index (χ1) is 13.3. The second kappa shape index (κ2) is 10.5. The molecule has 0 aliphatic rings. The van der Waals surface area contributed by atoms with Crippen molar-refractivity contribution in [2.24, 2.45) is 0 Å². The Kier molecular flexibility index (Phi) is 8.05. The Morgan fingerprint density at radius 3 is 2.32 bits per heavy atom. The minimum absolute atomic E-state index is 0.0716. The minimum atomic E-state index is -0.194. The molecule has 3 N–H and O–H groups in total. The molecule has 0 saturated heterocycles. The highest BCUT2D eigenvalue weighted by molar-refractivity contribution is 5.94. The van der Waals surface area contributed by atoms with E-state index in [0.717, 1.165) is 18.4 Å². The zero-order chi connectivity index (χ0) is 20.5. The lowest BCUT2D eigenvalue weighted by Crippen LogP contribution is -2.39. The predicted molar refractivity (Wildman–Crippen MR) is 114 cm³/mol. The number of rotatable bonds is 8. The highest BCUT2D eigenvalue weighted by Gasteiger charge is 2.06. The first kappa shape index (κ1) is 21.5. The van der Waals surface area contributed by atoms with Gasteiger partial charge in [0.15, 0.2) is 0 Å². The first-order valence-corrected chi connectivity index (χ1v) is 9.83. The van der Waals surface area contributed by atoms with E-state index in [-0.39, 0.29) is 18.0 Å². The van der Waals surface area contributed by atoms with Gasteiger partial charge in [-0.3, -0.25) is 4.79 Å². The molecule has 2 aromatic rings. The van der Waals surface area contributed by atoms with Gasteiger partial charge >= 0.3 is 6.03 Å². The second-order valence-electron chi connectivity index (χ2n) is 7.47. The van der Waals surface area contributed by atoms with E-state index < -0.39 is 0 Å². The van der Waals surface area contributed by atoms with Crippen LogP contribution in [0.4, 0.5) is 4.79 Å². The van der Waals surface area contributed by atoms with Gasteiger partial charge < -0.3 is 16.0 Å². The molecule has 0 radical (unpaired) electrons. The van der Waals surface area contributed by atoms with Crippen LogP contribution in [0.5, 0.6) is 0 Å². The Morgan fingerprint density at radius 1 is 0.964 bits per heavy atom. The Balaban J connectivity index is 1.74. The van der Waals surface area contributed by atoms with Crippen LogP contribution in [0.25, 0.3) is 0 Å². The molecule has 0 spiro atoms. The van der Waals surface area contributed by atoms with Crippen LogP contribution in [0.1, 0.15) is 52.9 Å². The predicted octanol–water partition coefficient (Wildman–Crippen LogP) is 3.87. The number of urea groups is 1. The smallest absolute Gasteiger partial charge is 0.315 e. The summed E-state index contributed by atoms with van der Waals surface area (Å²) in [7, 11) is 0. The van der Waals surface area contributed by atoms with E-state index in [2.05, 4.69) is 48.0 Å². The summed E-state index contributed by atoms with van der Waals surface area (Å²) in [6.07, 6.45) is 1.86. The van der Waals surface area contributed by atoms with Crippen LogP contribution >= 0.6 is 0 Å². The molecule has 0 aromatic heterocycles. The van der Waals surface area contributed by atoms with Crippen LogP contribution in [-0.2, 0) is 13.0 Å². The lowest BCUT2D eigenvalue weighted by molar-refractivity contribution is 0.0953. The van der Waals surface area contributed by atoms with E-state index in [9.17, 15) is 9.59 Å². The van der Waals surface area contributed by atoms with E-state index in [0.29, 0.717) is 18.7 Å². The number of hydrogen-bond acceptors (Lipinski definition) is 2. The third-order valence-corrected chi connectivity index (χ3v) is 4.50. The monoisotopic (exact) mass is 381 g/mol. The number of carbonyl (C=O) groups excluding carboxylic acids is 2. The second-order valence-corrected chi connectivity index (χ2v) is 7.47. The van der Waals surface area contributed by atoms with Crippen molar-refractivity contribution in [3.05, 3.63) is 70.3 Å². The van der Waals surface area contributed by atoms with Gasteiger partial charge in [-0.25, -0.2) is 4.79 Å². The van der Waals surface area contributed by atoms with Gasteiger partial charge in [-0.05, 0) is 69.4 Å². The third-order valence-electron chi connectivity index (χ3n) is 4.50. The summed E-state index contributed by atoms with van der Waals surface area (Å²) < 4.78 is 0. The van der Waals surface area contributed by atoms with Gasteiger partial charge in [0.1, 0.15) is 0 Å². The summed E-state index contributed by atoms with van der Waals surface area (Å²) in [5.74, 6) is -0.0716. The van der Waals surface area contributed by atoms with Crippen molar-refractivity contribution in [2.75, 3.05) is 6.54 Å². The van der Waals surface area contributed by atoms with Crippen LogP contribution < -0.4 is 16.0 Å². The molecule has 150 valence electrons. The lowest BCUT2D eigenvalue weighted by Gasteiger charge is -2.11. The SMILES string of the molecule is Cc1ccc(CCCNC(=O)c2ccc(CNC(=O)NC(C)C)cc2)c(C)c1. The van der Waals surface area contributed by atoms with Gasteiger partial charge in [0.25, 0.3) is 5.91 Å². The topological polar surface area (TPSA) is 70.2 Å². The van der Waals surface area contributed by atoms with Gasteiger partial charge in [-0.2, -0.15) is 0 Å². The molecule has 0 bridgehead atoms. The molecule has 28 heavy (non-hydrogen) atoms. The molecule has 0 aliphatic heterocycles. The molecule has 3 amide bonds. The molecule has 0 heterocycles. The van der Waals surface area contributed by atoms with Crippen LogP contribution in [0.2, 0.25) is 0 Å². The normalized spacial score (nSPS) is 10.6. The number of aryl methyl sites for hydroxylation is 3. The number of carbonyl (C=O) groups is 2. The standard InChI is InChI=1S/C23H31N3O2/c1-16(2)26-23(28)25-15-19-8-11-21(12-9-19)22(27)24-13-5-6-20-10-7-17(3)14-18(20)4/h7-12,14,16H,5-6,13,15H2,1-4H3,(H,24,27)(H2,25,26,28). The van der Waals surface area contributed by atoms with E-state index in [1.807, 2.05) is 26.0 Å². The van der Waals surface area contributed by atoms with Crippen molar-refractivity contribution < 1.29 is 9.59 Å². The van der Waals surface area contributed by atoms with Crippen LogP contribution in [0.15, 0.2) is 42.5 Å². The summed E-state index contributed by atoms with van der Waals surface area (Å²) in [6.45, 7) is 9.12. The van der Waals surface area contributed by atoms with Crippen molar-refractivity contribution in [2.45, 2.75) is 53.1 Å². The van der Waals surface area contributed by atoms with Crippen molar-refractivity contribution in [1.29, 1.82) is 0 Å². The molecular formula is C23H31N3O2. The summed E-state index contributed by atoms with van der Waals surface area (Å²) in [5, 5.41) is 8.54. The number of hydrogen-bond donors (Lipinski definition) is 3. The van der Waals surface area contributed by atoms with Crippen molar-refractivity contribution in [1.82, 2.24) is 16.0 Å². The zero-order valence-electron chi connectivity index (χ0n) is 17.3. The van der Waals surface area contributed by atoms with Gasteiger partial charge in [0.2, 0.25) is 0 Å². The quantitative estimate of drug-likeness (QED) is 0.608. The molecule has 2 aromatic carbocycles. The van der Waals surface area contributed by atoms with E-state index in [1.54, 1.807) is 12.1 Å². The Hall–Kier alpha value is -2.82. The van der Waals surface area contributed by atoms with Gasteiger partial charge in [0.05, 0.1) is 0 Å². The Morgan fingerprint density at radius 2 is 1.68 bits per heavy atom. The molecule has 0 unspecified atom stereocenters. The fourth-order valence-corrected chi connectivity index (χ4v) is 2.98. The van der Waals surface area contributed by atoms with E-state index in [1.165, 1.54) is 16.7 Å². The van der Waals surface area contributed by atoms with Crippen molar-refractivity contribution in [3.63, 3.8) is 0 Å². The molecule has 5 heteroatoms. The Bertz CT molecular complexity index is 798. The summed E-state index contributed by atoms with van der Waals surface area (Å²) in [6, 6.07) is 13.7. The molecular weight excluding hydrogens is 350 g/mol. The average Bonchev–Trinajstić information content (AvgIpc) is 2.64. The molecule has 2 rings (SSSR count). The minimum Gasteiger partial charge on any atom is -0.352 e. The van der Waals surface area contributed by atoms with Gasteiger partial charge in [-0.15, -0.1) is 0 Å². The maximum absolute atomic E-state index is 12.3. The van der Waals surface area contributed by atoms with Crippen LogP contribution in [0, 0.1) is 13.8 Å². The highest BCUT2D eigenvalue weighted by atomic mass is 16.2. The molecule has 0 fully saturated rings. The highest BCUT2D eigenvalue weighted by Crippen LogP contribution is 2.12. The summed E-state index contributed by atoms with van der Waals surface area (Å²) in [4.78, 5) is 23.9. The van der Waals surface area contributed by atoms with E-state index in [4.69, 9.17) is 0 Å². The van der Waals surface area contributed by atoms with Crippen molar-refractivity contribution >= 4 is 11.9 Å². The average molecular weight is 382 g/mol. The van der Waals surface area contributed by atoms with Crippen LogP contribution in [-0.4, -0.2) is 24.5 Å². The largest absolute Gasteiger partial charge is 0.352 e. The van der Waals surface area contributed by atoms with Gasteiger partial charge in [-0.1, -0.05) is 35.9 Å². The fraction of sp³-hybridized carbons (Fsp3) is 0.391. The molecule has 5 nitrogen and oxygen atoms in total. The number of amides is 3. The maximum atomic E-state index is 12.3. The lowest BCUT2D eigenvalue weighted by atomic mass is 10.0. The third kappa shape index (κ3) is 7.06. The summed E-state index contributed by atoms with van der Waals surface area (Å²) in [5.41, 5.74) is 5.48. The molecule has 0 saturated carbocycles. The maximum Gasteiger partial charge on any atom is 0.315 e. The Labute approximate surface area is 167 Å². The summed E-state index contributed by atoms with van der Waals surface area (Å²) >= 11 is 0. The molecule has 0 atom stereocenters. The van der Waals surface area contributed by atoms with E-state index >= 15 is 0 Å². The first-order valence-electron chi connectivity index (χ1n) is 9.83.